The molecule has 0 aliphatic carbocycles. The van der Waals surface area contributed by atoms with E-state index in [-0.39, 0.29) is 18.9 Å². The van der Waals surface area contributed by atoms with Crippen molar-refractivity contribution in [1.29, 1.82) is 0 Å². The molecule has 3 atom stereocenters. The summed E-state index contributed by atoms with van der Waals surface area (Å²) in [6, 6.07) is 11.7. The normalized spacial score (nSPS) is 19.3. The number of carbonyl (C=O) groups excluding carboxylic acids is 1. The molecule has 2 aromatic rings. The van der Waals surface area contributed by atoms with Crippen molar-refractivity contribution in [3.05, 3.63) is 48.0 Å². The Labute approximate surface area is 198 Å². The number of benzene rings is 2. The van der Waals surface area contributed by atoms with Crippen molar-refractivity contribution in [2.45, 2.75) is 31.2 Å². The number of hydrogen-bond donors (Lipinski definition) is 2. The molecule has 0 spiro atoms. The Kier molecular flexibility index (Phi) is 8.08. The maximum absolute atomic E-state index is 13.7. The van der Waals surface area contributed by atoms with Gasteiger partial charge in [0.1, 0.15) is 37.0 Å². The summed E-state index contributed by atoms with van der Waals surface area (Å²) in [5, 5.41) is 14.1. The second-order valence-corrected chi connectivity index (χ2v) is 8.44. The van der Waals surface area contributed by atoms with Crippen LogP contribution in [0.15, 0.2) is 42.5 Å². The number of methoxy groups -OCH3 is 1. The molecule has 1 fully saturated rings. The van der Waals surface area contributed by atoms with Crippen molar-refractivity contribution < 1.29 is 33.2 Å². The van der Waals surface area contributed by atoms with Crippen LogP contribution in [0.4, 0.5) is 4.39 Å². The molecule has 1 saturated heterocycles. The van der Waals surface area contributed by atoms with Crippen LogP contribution in [0.25, 0.3) is 0 Å². The van der Waals surface area contributed by atoms with Crippen LogP contribution in [0.1, 0.15) is 24.5 Å². The van der Waals surface area contributed by atoms with Crippen LogP contribution in [0, 0.1) is 0 Å². The lowest BCUT2D eigenvalue weighted by molar-refractivity contribution is -0.123. The van der Waals surface area contributed by atoms with Crippen LogP contribution in [-0.2, 0) is 4.79 Å². The highest BCUT2D eigenvalue weighted by Gasteiger charge is 2.30. The fourth-order valence-corrected chi connectivity index (χ4v) is 4.14. The monoisotopic (exact) mass is 474 g/mol. The zero-order chi connectivity index (χ0) is 23.9. The highest BCUT2D eigenvalue weighted by atomic mass is 19.1. The molecule has 2 heterocycles. The van der Waals surface area contributed by atoms with Gasteiger partial charge in [0, 0.05) is 19.6 Å². The van der Waals surface area contributed by atoms with Crippen molar-refractivity contribution in [2.75, 3.05) is 46.6 Å². The van der Waals surface area contributed by atoms with Crippen LogP contribution in [0.5, 0.6) is 23.0 Å². The number of amides is 1. The maximum atomic E-state index is 13.7. The van der Waals surface area contributed by atoms with Gasteiger partial charge in [-0.25, -0.2) is 4.39 Å². The van der Waals surface area contributed by atoms with Crippen molar-refractivity contribution in [2.24, 2.45) is 0 Å². The Balaban J connectivity index is 1.37. The summed E-state index contributed by atoms with van der Waals surface area (Å²) in [5.41, 5.74) is 0.597. The number of alkyl halides is 1. The Morgan fingerprint density at radius 1 is 1.18 bits per heavy atom. The van der Waals surface area contributed by atoms with Gasteiger partial charge in [0.25, 0.3) is 0 Å². The molecule has 8 nitrogen and oxygen atoms in total. The minimum atomic E-state index is -0.999. The number of halogens is 1. The maximum Gasteiger partial charge on any atom is 0.223 e. The Morgan fingerprint density at radius 2 is 1.91 bits per heavy atom. The zero-order valence-electron chi connectivity index (χ0n) is 19.2. The summed E-state index contributed by atoms with van der Waals surface area (Å²) in [6.45, 7) is 2.31. The lowest BCUT2D eigenvalue weighted by Gasteiger charge is -2.29. The first-order valence-corrected chi connectivity index (χ1v) is 11.5. The third-order valence-corrected chi connectivity index (χ3v) is 5.96. The molecule has 0 radical (unpaired) electrons. The lowest BCUT2D eigenvalue weighted by atomic mass is 10.0. The molecular weight excluding hydrogens is 443 g/mol. The van der Waals surface area contributed by atoms with E-state index in [9.17, 15) is 14.3 Å². The average Bonchev–Trinajstić information content (AvgIpc) is 3.27. The summed E-state index contributed by atoms with van der Waals surface area (Å²) < 4.78 is 35.7. The number of rotatable bonds is 10. The van der Waals surface area contributed by atoms with Gasteiger partial charge in [-0.15, -0.1) is 0 Å². The topological polar surface area (TPSA) is 89.5 Å². The van der Waals surface area contributed by atoms with Gasteiger partial charge in [0.2, 0.25) is 5.91 Å². The SMILES string of the molecule is COc1ccc(OCCC(=O)NC(CN2CC[C@@H](F)C2)[C@H](O)c2ccc3c(c2)OCCO3)cc1. The molecule has 2 aromatic carbocycles. The Morgan fingerprint density at radius 3 is 2.62 bits per heavy atom. The second-order valence-electron chi connectivity index (χ2n) is 8.44. The van der Waals surface area contributed by atoms with E-state index in [1.54, 1.807) is 49.6 Å². The third kappa shape index (κ3) is 6.30. The van der Waals surface area contributed by atoms with Crippen LogP contribution in [0.3, 0.4) is 0 Å². The van der Waals surface area contributed by atoms with Crippen molar-refractivity contribution in [1.82, 2.24) is 10.2 Å². The minimum Gasteiger partial charge on any atom is -0.497 e. The quantitative estimate of drug-likeness (QED) is 0.547. The van der Waals surface area contributed by atoms with Crippen LogP contribution in [0.2, 0.25) is 0 Å². The summed E-state index contributed by atoms with van der Waals surface area (Å²) in [4.78, 5) is 14.6. The molecule has 1 amide bonds. The van der Waals surface area contributed by atoms with E-state index in [1.165, 1.54) is 0 Å². The number of carbonyl (C=O) groups is 1. The van der Waals surface area contributed by atoms with Crippen LogP contribution < -0.4 is 24.3 Å². The number of ether oxygens (including phenoxy) is 4. The number of aliphatic hydroxyl groups excluding tert-OH is 1. The van der Waals surface area contributed by atoms with E-state index in [1.807, 2.05) is 4.90 Å². The number of nitrogens with zero attached hydrogens (tertiary/aromatic N) is 1. The number of aliphatic hydroxyl groups is 1. The molecule has 184 valence electrons. The predicted molar refractivity (Wildman–Crippen MR) is 123 cm³/mol. The van der Waals surface area contributed by atoms with E-state index in [0.29, 0.717) is 62.1 Å². The molecule has 4 rings (SSSR count). The summed E-state index contributed by atoms with van der Waals surface area (Å²) in [5.74, 6) is 2.28. The molecule has 2 N–H and O–H groups in total. The fourth-order valence-electron chi connectivity index (χ4n) is 4.14. The van der Waals surface area contributed by atoms with Gasteiger partial charge in [-0.3, -0.25) is 9.69 Å². The predicted octanol–water partition coefficient (Wildman–Crippen LogP) is 2.50. The van der Waals surface area contributed by atoms with Crippen molar-refractivity contribution in [3.63, 3.8) is 0 Å². The average molecular weight is 475 g/mol. The molecule has 2 aliphatic heterocycles. The summed E-state index contributed by atoms with van der Waals surface area (Å²) >= 11 is 0. The fraction of sp³-hybridized carbons (Fsp3) is 0.480. The van der Waals surface area contributed by atoms with Gasteiger partial charge < -0.3 is 29.4 Å². The highest BCUT2D eigenvalue weighted by Crippen LogP contribution is 2.33. The Hall–Kier alpha value is -3.04. The van der Waals surface area contributed by atoms with Crippen molar-refractivity contribution in [3.8, 4) is 23.0 Å². The van der Waals surface area contributed by atoms with Crippen LogP contribution >= 0.6 is 0 Å². The van der Waals surface area contributed by atoms with Gasteiger partial charge in [0.15, 0.2) is 11.5 Å². The number of nitrogens with one attached hydrogen (secondary N) is 1. The molecule has 0 aromatic heterocycles. The lowest BCUT2D eigenvalue weighted by Crippen LogP contribution is -2.47. The largest absolute Gasteiger partial charge is 0.497 e. The molecule has 1 unspecified atom stereocenters. The number of hydrogen-bond acceptors (Lipinski definition) is 7. The Bertz CT molecular complexity index is 957. The first-order valence-electron chi connectivity index (χ1n) is 11.5. The van der Waals surface area contributed by atoms with Gasteiger partial charge in [-0.05, 0) is 48.4 Å². The van der Waals surface area contributed by atoms with E-state index in [0.717, 1.165) is 5.75 Å². The third-order valence-electron chi connectivity index (χ3n) is 5.96. The zero-order valence-corrected chi connectivity index (χ0v) is 19.2. The molecule has 0 saturated carbocycles. The van der Waals surface area contributed by atoms with Crippen molar-refractivity contribution >= 4 is 5.91 Å². The first kappa shape index (κ1) is 24.1. The van der Waals surface area contributed by atoms with Gasteiger partial charge >= 0.3 is 0 Å². The summed E-state index contributed by atoms with van der Waals surface area (Å²) in [7, 11) is 1.59. The highest BCUT2D eigenvalue weighted by molar-refractivity contribution is 5.76. The van der Waals surface area contributed by atoms with Gasteiger partial charge in [0.05, 0.1) is 26.2 Å². The minimum absolute atomic E-state index is 0.113. The number of fused-ring (bicyclic) bond motifs is 1. The van der Waals surface area contributed by atoms with E-state index in [4.69, 9.17) is 18.9 Å². The molecular formula is C25H31FN2O6. The van der Waals surface area contributed by atoms with Gasteiger partial charge in [-0.2, -0.15) is 0 Å². The van der Waals surface area contributed by atoms with E-state index < -0.39 is 18.3 Å². The molecule has 2 aliphatic rings. The number of likely N-dealkylation sites (tertiary alicyclic amines) is 1. The standard InChI is InChI=1S/C25H31FN2O6/c1-31-19-3-5-20(6-4-19)32-11-9-24(29)27-21(16-28-10-8-18(26)15-28)25(30)17-2-7-22-23(14-17)34-13-12-33-22/h2-7,14,18,21,25,30H,8-13,15-16H2,1H3,(H,27,29)/t18-,21?,25-/m1/s1. The molecule has 34 heavy (non-hydrogen) atoms. The molecule has 9 heteroatoms. The van der Waals surface area contributed by atoms with Crippen LogP contribution in [-0.4, -0.2) is 74.7 Å². The molecule has 0 bridgehead atoms. The first-order chi connectivity index (χ1) is 16.5. The second kappa shape index (κ2) is 11.4. The van der Waals surface area contributed by atoms with E-state index >= 15 is 0 Å². The van der Waals surface area contributed by atoms with Gasteiger partial charge in [-0.1, -0.05) is 6.07 Å². The van der Waals surface area contributed by atoms with E-state index in [2.05, 4.69) is 5.32 Å². The smallest absolute Gasteiger partial charge is 0.223 e. The summed E-state index contributed by atoms with van der Waals surface area (Å²) in [6.07, 6.45) is -1.32.